The van der Waals surface area contributed by atoms with Gasteiger partial charge in [-0.2, -0.15) is 0 Å². The summed E-state index contributed by atoms with van der Waals surface area (Å²) in [5.74, 6) is 1.85. The van der Waals surface area contributed by atoms with E-state index in [9.17, 15) is 0 Å². The molecule has 0 amide bonds. The average molecular weight is 287 g/mol. The zero-order chi connectivity index (χ0) is 14.5. The van der Waals surface area contributed by atoms with Crippen molar-refractivity contribution in [3.8, 4) is 5.75 Å². The molecule has 0 atom stereocenters. The lowest BCUT2D eigenvalue weighted by Gasteiger charge is -2.06. The van der Waals surface area contributed by atoms with Crippen molar-refractivity contribution in [1.82, 2.24) is 5.32 Å². The summed E-state index contributed by atoms with van der Waals surface area (Å²) < 4.78 is 16.4. The third-order valence-corrected chi connectivity index (χ3v) is 3.65. The van der Waals surface area contributed by atoms with Gasteiger partial charge in [0, 0.05) is 11.6 Å². The number of ether oxygens (including phenoxy) is 2. The molecule has 1 N–H and O–H groups in total. The van der Waals surface area contributed by atoms with E-state index in [1.165, 1.54) is 12.8 Å². The third kappa shape index (κ3) is 4.09. The number of hydrogen-bond acceptors (Lipinski definition) is 4. The van der Waals surface area contributed by atoms with Crippen molar-refractivity contribution in [3.63, 3.8) is 0 Å². The van der Waals surface area contributed by atoms with Crippen LogP contribution in [-0.2, 0) is 24.5 Å². The van der Waals surface area contributed by atoms with Crippen LogP contribution in [0.1, 0.15) is 29.7 Å². The van der Waals surface area contributed by atoms with Crippen molar-refractivity contribution in [1.29, 1.82) is 0 Å². The lowest BCUT2D eigenvalue weighted by atomic mass is 10.2. The van der Waals surface area contributed by atoms with Crippen LogP contribution in [0.5, 0.6) is 5.75 Å². The van der Waals surface area contributed by atoms with Gasteiger partial charge in [0.15, 0.2) is 0 Å². The summed E-state index contributed by atoms with van der Waals surface area (Å²) in [6.07, 6.45) is 4.30. The van der Waals surface area contributed by atoms with E-state index in [0.717, 1.165) is 29.2 Å². The summed E-state index contributed by atoms with van der Waals surface area (Å²) in [5.41, 5.74) is 2.26. The molecule has 0 spiro atoms. The SMILES string of the molecule is COc1ccc(COCc2ccoc2CNC2CC2)cc1. The fraction of sp³-hybridized carbons (Fsp3) is 0.412. The minimum absolute atomic E-state index is 0.574. The highest BCUT2D eigenvalue weighted by Gasteiger charge is 2.21. The smallest absolute Gasteiger partial charge is 0.123 e. The van der Waals surface area contributed by atoms with Crippen LogP contribution in [0.4, 0.5) is 0 Å². The van der Waals surface area contributed by atoms with Crippen LogP contribution in [0.15, 0.2) is 41.0 Å². The molecule has 3 rings (SSSR count). The molecule has 0 unspecified atom stereocenters. The fourth-order valence-electron chi connectivity index (χ4n) is 2.18. The Kier molecular flexibility index (Phi) is 4.58. The van der Waals surface area contributed by atoms with Crippen LogP contribution < -0.4 is 10.1 Å². The van der Waals surface area contributed by atoms with E-state index in [1.54, 1.807) is 13.4 Å². The minimum Gasteiger partial charge on any atom is -0.497 e. The number of furan rings is 1. The molecule has 21 heavy (non-hydrogen) atoms. The van der Waals surface area contributed by atoms with Crippen molar-refractivity contribution >= 4 is 0 Å². The van der Waals surface area contributed by atoms with E-state index in [1.807, 2.05) is 30.3 Å². The standard InChI is InChI=1S/C17H21NO3/c1-19-16-6-2-13(3-7-16)11-20-12-14-8-9-21-17(14)10-18-15-4-5-15/h2-3,6-9,15,18H,4-5,10-12H2,1H3. The van der Waals surface area contributed by atoms with Crippen molar-refractivity contribution in [3.05, 3.63) is 53.5 Å². The molecule has 1 aliphatic rings. The Balaban J connectivity index is 1.46. The summed E-state index contributed by atoms with van der Waals surface area (Å²) in [6.45, 7) is 1.95. The minimum atomic E-state index is 0.574. The van der Waals surface area contributed by atoms with Crippen molar-refractivity contribution in [2.75, 3.05) is 7.11 Å². The predicted molar refractivity (Wildman–Crippen MR) is 80.1 cm³/mol. The first-order valence-electron chi connectivity index (χ1n) is 7.34. The quantitative estimate of drug-likeness (QED) is 0.809. The van der Waals surface area contributed by atoms with Gasteiger partial charge in [0.05, 0.1) is 33.1 Å². The van der Waals surface area contributed by atoms with Crippen LogP contribution in [0.3, 0.4) is 0 Å². The first kappa shape index (κ1) is 14.2. The third-order valence-electron chi connectivity index (χ3n) is 3.65. The average Bonchev–Trinajstić information content (AvgIpc) is 3.25. The molecule has 4 heteroatoms. The van der Waals surface area contributed by atoms with Gasteiger partial charge in [-0.25, -0.2) is 0 Å². The molecule has 1 aromatic carbocycles. The van der Waals surface area contributed by atoms with E-state index in [2.05, 4.69) is 5.32 Å². The molecular formula is C17H21NO3. The van der Waals surface area contributed by atoms with E-state index in [-0.39, 0.29) is 0 Å². The molecule has 1 heterocycles. The number of hydrogen-bond donors (Lipinski definition) is 1. The molecule has 1 aromatic heterocycles. The predicted octanol–water partition coefficient (Wildman–Crippen LogP) is 3.26. The largest absolute Gasteiger partial charge is 0.497 e. The summed E-state index contributed by atoms with van der Waals surface area (Å²) in [7, 11) is 1.67. The van der Waals surface area contributed by atoms with Crippen LogP contribution in [0.2, 0.25) is 0 Å². The highest BCUT2D eigenvalue weighted by atomic mass is 16.5. The van der Waals surface area contributed by atoms with Gasteiger partial charge in [0.25, 0.3) is 0 Å². The molecule has 0 aliphatic heterocycles. The topological polar surface area (TPSA) is 43.6 Å². The maximum atomic E-state index is 5.77. The summed E-state index contributed by atoms with van der Waals surface area (Å²) in [4.78, 5) is 0. The van der Waals surface area contributed by atoms with Crippen molar-refractivity contribution < 1.29 is 13.9 Å². The Hall–Kier alpha value is -1.78. The van der Waals surface area contributed by atoms with Crippen LogP contribution >= 0.6 is 0 Å². The van der Waals surface area contributed by atoms with Gasteiger partial charge in [0.2, 0.25) is 0 Å². The summed E-state index contributed by atoms with van der Waals surface area (Å²) in [6, 6.07) is 10.6. The first-order chi connectivity index (χ1) is 10.3. The second kappa shape index (κ2) is 6.78. The summed E-state index contributed by atoms with van der Waals surface area (Å²) >= 11 is 0. The fourth-order valence-corrected chi connectivity index (χ4v) is 2.18. The van der Waals surface area contributed by atoms with E-state index >= 15 is 0 Å². The molecular weight excluding hydrogens is 266 g/mol. The molecule has 0 bridgehead atoms. The van der Waals surface area contributed by atoms with Gasteiger partial charge in [0.1, 0.15) is 11.5 Å². The number of methoxy groups -OCH3 is 1. The molecule has 1 fully saturated rings. The van der Waals surface area contributed by atoms with E-state index in [0.29, 0.717) is 19.3 Å². The zero-order valence-electron chi connectivity index (χ0n) is 12.3. The monoisotopic (exact) mass is 287 g/mol. The van der Waals surface area contributed by atoms with Gasteiger partial charge in [-0.3, -0.25) is 0 Å². The second-order valence-electron chi connectivity index (χ2n) is 5.37. The van der Waals surface area contributed by atoms with Gasteiger partial charge < -0.3 is 19.2 Å². The lowest BCUT2D eigenvalue weighted by molar-refractivity contribution is 0.106. The van der Waals surface area contributed by atoms with Gasteiger partial charge in [-0.15, -0.1) is 0 Å². The molecule has 4 nitrogen and oxygen atoms in total. The maximum Gasteiger partial charge on any atom is 0.123 e. The molecule has 0 radical (unpaired) electrons. The molecule has 1 aliphatic carbocycles. The summed E-state index contributed by atoms with van der Waals surface area (Å²) in [5, 5.41) is 3.46. The van der Waals surface area contributed by atoms with Gasteiger partial charge in [-0.1, -0.05) is 12.1 Å². The van der Waals surface area contributed by atoms with E-state index in [4.69, 9.17) is 13.9 Å². The Morgan fingerprint density at radius 1 is 1.14 bits per heavy atom. The van der Waals surface area contributed by atoms with E-state index < -0.39 is 0 Å². The van der Waals surface area contributed by atoms with Crippen LogP contribution in [0, 0.1) is 0 Å². The van der Waals surface area contributed by atoms with Crippen molar-refractivity contribution in [2.24, 2.45) is 0 Å². The molecule has 1 saturated carbocycles. The molecule has 112 valence electrons. The second-order valence-corrected chi connectivity index (χ2v) is 5.37. The Morgan fingerprint density at radius 2 is 1.95 bits per heavy atom. The van der Waals surface area contributed by atoms with Crippen LogP contribution in [0.25, 0.3) is 0 Å². The van der Waals surface area contributed by atoms with Crippen molar-refractivity contribution in [2.45, 2.75) is 38.6 Å². The Labute approximate surface area is 125 Å². The number of benzene rings is 1. The highest BCUT2D eigenvalue weighted by Crippen LogP contribution is 2.21. The number of rotatable bonds is 8. The Bertz CT molecular complexity index is 558. The molecule has 2 aromatic rings. The Morgan fingerprint density at radius 3 is 2.67 bits per heavy atom. The first-order valence-corrected chi connectivity index (χ1v) is 7.34. The molecule has 0 saturated heterocycles. The van der Waals surface area contributed by atoms with Gasteiger partial charge >= 0.3 is 0 Å². The van der Waals surface area contributed by atoms with Crippen LogP contribution in [-0.4, -0.2) is 13.2 Å². The maximum absolute atomic E-state index is 5.77. The highest BCUT2D eigenvalue weighted by molar-refractivity contribution is 5.26. The number of nitrogens with one attached hydrogen (secondary N) is 1. The zero-order valence-corrected chi connectivity index (χ0v) is 12.3. The van der Waals surface area contributed by atoms with Gasteiger partial charge in [-0.05, 0) is 36.6 Å². The lowest BCUT2D eigenvalue weighted by Crippen LogP contribution is -2.15. The normalized spacial score (nSPS) is 14.3.